The van der Waals surface area contributed by atoms with Crippen LogP contribution in [0, 0.1) is 6.92 Å². The quantitative estimate of drug-likeness (QED) is 0.697. The molecule has 2 rings (SSSR count). The summed E-state index contributed by atoms with van der Waals surface area (Å²) in [6.07, 6.45) is 0. The molecule has 0 saturated carbocycles. The maximum atomic E-state index is 12.5. The summed E-state index contributed by atoms with van der Waals surface area (Å²) in [6.45, 7) is 6.30. The van der Waals surface area contributed by atoms with Gasteiger partial charge in [-0.25, -0.2) is 13.2 Å². The van der Waals surface area contributed by atoms with Gasteiger partial charge in [0.25, 0.3) is 0 Å². The monoisotopic (exact) mass is 415 g/mol. The largest absolute Gasteiger partial charge is 0.322 e. The average Bonchev–Trinajstić information content (AvgIpc) is 3.00. The first-order chi connectivity index (χ1) is 12.2. The van der Waals surface area contributed by atoms with Crippen molar-refractivity contribution in [2.24, 2.45) is 0 Å². The Balaban J connectivity index is 2.06. The summed E-state index contributed by atoms with van der Waals surface area (Å²) in [5.74, 6) is 0.00310. The van der Waals surface area contributed by atoms with Crippen molar-refractivity contribution in [3.05, 3.63) is 45.1 Å². The third kappa shape index (κ3) is 5.62. The fraction of sp³-hybridized carbons (Fsp3) is 0.353. The van der Waals surface area contributed by atoms with Crippen LogP contribution in [0.3, 0.4) is 0 Å². The van der Waals surface area contributed by atoms with Crippen molar-refractivity contribution in [3.63, 3.8) is 0 Å². The number of thiophene rings is 1. The molecule has 0 bridgehead atoms. The molecule has 2 aromatic rings. The Morgan fingerprint density at radius 1 is 1.23 bits per heavy atom. The van der Waals surface area contributed by atoms with E-state index in [1.165, 1.54) is 11.3 Å². The molecule has 9 heteroatoms. The molecule has 1 heterocycles. The standard InChI is InChI=1S/C17H22ClN3O3S2/c1-4-21(11-14-7-9-16(18)25-14)17(22)19-13-6-8-15(12(3)10-13)20-26(23,24)5-2/h6-10,20H,4-5,11H2,1-3H3,(H,19,22). The molecule has 2 amide bonds. The zero-order valence-electron chi connectivity index (χ0n) is 14.9. The molecule has 0 aliphatic heterocycles. The van der Waals surface area contributed by atoms with Crippen LogP contribution in [0.25, 0.3) is 0 Å². The first-order valence-corrected chi connectivity index (χ1v) is 11.0. The SMILES string of the molecule is CCN(Cc1ccc(Cl)s1)C(=O)Nc1ccc(NS(=O)(=O)CC)c(C)c1. The smallest absolute Gasteiger partial charge is 0.320 e. The Hall–Kier alpha value is -1.77. The summed E-state index contributed by atoms with van der Waals surface area (Å²) in [6, 6.07) is 8.55. The van der Waals surface area contributed by atoms with Crippen molar-refractivity contribution in [2.45, 2.75) is 27.3 Å². The number of rotatable bonds is 7. The summed E-state index contributed by atoms with van der Waals surface area (Å²) in [4.78, 5) is 15.2. The first-order valence-electron chi connectivity index (χ1n) is 8.15. The predicted octanol–water partition coefficient (Wildman–Crippen LogP) is 4.53. The molecule has 1 aromatic carbocycles. The number of anilines is 2. The van der Waals surface area contributed by atoms with Crippen LogP contribution in [0.4, 0.5) is 16.2 Å². The topological polar surface area (TPSA) is 78.5 Å². The van der Waals surface area contributed by atoms with Crippen molar-refractivity contribution < 1.29 is 13.2 Å². The zero-order valence-corrected chi connectivity index (χ0v) is 17.3. The number of nitrogens with zero attached hydrogens (tertiary/aromatic N) is 1. The van der Waals surface area contributed by atoms with Gasteiger partial charge in [-0.15, -0.1) is 11.3 Å². The van der Waals surface area contributed by atoms with E-state index in [4.69, 9.17) is 11.6 Å². The van der Waals surface area contributed by atoms with E-state index in [0.29, 0.717) is 28.8 Å². The van der Waals surface area contributed by atoms with E-state index < -0.39 is 10.0 Å². The van der Waals surface area contributed by atoms with Gasteiger partial charge < -0.3 is 10.2 Å². The van der Waals surface area contributed by atoms with Crippen LogP contribution in [0.5, 0.6) is 0 Å². The van der Waals surface area contributed by atoms with Gasteiger partial charge in [-0.2, -0.15) is 0 Å². The lowest BCUT2D eigenvalue weighted by Gasteiger charge is -2.21. The lowest BCUT2D eigenvalue weighted by molar-refractivity contribution is 0.212. The van der Waals surface area contributed by atoms with Crippen LogP contribution in [0.1, 0.15) is 24.3 Å². The van der Waals surface area contributed by atoms with Gasteiger partial charge in [-0.3, -0.25) is 4.72 Å². The number of aryl methyl sites for hydroxylation is 1. The highest BCUT2D eigenvalue weighted by molar-refractivity contribution is 7.92. The van der Waals surface area contributed by atoms with Crippen molar-refractivity contribution in [1.29, 1.82) is 0 Å². The lowest BCUT2D eigenvalue weighted by atomic mass is 10.2. The summed E-state index contributed by atoms with van der Waals surface area (Å²) < 4.78 is 26.6. The van der Waals surface area contributed by atoms with Gasteiger partial charge in [-0.05, 0) is 56.7 Å². The molecule has 0 aliphatic carbocycles. The molecule has 26 heavy (non-hydrogen) atoms. The average molecular weight is 416 g/mol. The van der Waals surface area contributed by atoms with Crippen LogP contribution < -0.4 is 10.0 Å². The van der Waals surface area contributed by atoms with Gasteiger partial charge in [0.2, 0.25) is 10.0 Å². The minimum atomic E-state index is -3.34. The second-order valence-electron chi connectivity index (χ2n) is 5.69. The van der Waals surface area contributed by atoms with Crippen LogP contribution >= 0.6 is 22.9 Å². The summed E-state index contributed by atoms with van der Waals surface area (Å²) in [7, 11) is -3.34. The van der Waals surface area contributed by atoms with Gasteiger partial charge in [0, 0.05) is 17.1 Å². The number of halogens is 1. The molecular formula is C17H22ClN3O3S2. The van der Waals surface area contributed by atoms with Gasteiger partial charge >= 0.3 is 6.03 Å². The Labute approximate surface area is 163 Å². The Morgan fingerprint density at radius 3 is 2.50 bits per heavy atom. The maximum absolute atomic E-state index is 12.5. The normalized spacial score (nSPS) is 11.2. The van der Waals surface area contributed by atoms with Crippen molar-refractivity contribution in [2.75, 3.05) is 22.3 Å². The van der Waals surface area contributed by atoms with Crippen molar-refractivity contribution in [3.8, 4) is 0 Å². The zero-order chi connectivity index (χ0) is 19.3. The van der Waals surface area contributed by atoms with Crippen molar-refractivity contribution >= 4 is 50.4 Å². The molecule has 0 saturated heterocycles. The number of hydrogen-bond acceptors (Lipinski definition) is 4. The molecule has 0 aliphatic rings. The van der Waals surface area contributed by atoms with E-state index in [2.05, 4.69) is 10.0 Å². The summed E-state index contributed by atoms with van der Waals surface area (Å²) in [5.41, 5.74) is 1.84. The molecule has 142 valence electrons. The van der Waals surface area contributed by atoms with E-state index in [0.717, 1.165) is 10.4 Å². The highest BCUT2D eigenvalue weighted by Crippen LogP contribution is 2.24. The molecule has 1 aromatic heterocycles. The number of amides is 2. The Morgan fingerprint density at radius 2 is 1.96 bits per heavy atom. The van der Waals surface area contributed by atoms with Crippen LogP contribution in [0.2, 0.25) is 4.34 Å². The van der Waals surface area contributed by atoms with Gasteiger partial charge in [0.05, 0.1) is 22.3 Å². The van der Waals surface area contributed by atoms with E-state index in [9.17, 15) is 13.2 Å². The second kappa shape index (κ2) is 8.75. The van der Waals surface area contributed by atoms with Gasteiger partial charge in [0.1, 0.15) is 0 Å². The fourth-order valence-electron chi connectivity index (χ4n) is 2.25. The van der Waals surface area contributed by atoms with Gasteiger partial charge in [0.15, 0.2) is 0 Å². The number of hydrogen-bond donors (Lipinski definition) is 2. The first kappa shape index (κ1) is 20.5. The number of carbonyl (C=O) groups excluding carboxylic acids is 1. The van der Waals surface area contributed by atoms with Crippen LogP contribution in [-0.4, -0.2) is 31.6 Å². The second-order valence-corrected chi connectivity index (χ2v) is 9.50. The van der Waals surface area contributed by atoms with E-state index in [1.54, 1.807) is 36.9 Å². The molecule has 2 N–H and O–H groups in total. The number of urea groups is 1. The third-order valence-electron chi connectivity index (χ3n) is 3.77. The molecule has 0 atom stereocenters. The number of nitrogens with one attached hydrogen (secondary N) is 2. The molecule has 0 unspecified atom stereocenters. The summed E-state index contributed by atoms with van der Waals surface area (Å²) in [5, 5.41) is 2.85. The molecule has 0 radical (unpaired) electrons. The molecular weight excluding hydrogens is 394 g/mol. The van der Waals surface area contributed by atoms with Gasteiger partial charge in [-0.1, -0.05) is 11.6 Å². The lowest BCUT2D eigenvalue weighted by Crippen LogP contribution is -2.34. The fourth-order valence-corrected chi connectivity index (χ4v) is 4.06. The van der Waals surface area contributed by atoms with E-state index in [-0.39, 0.29) is 11.8 Å². The minimum Gasteiger partial charge on any atom is -0.320 e. The highest BCUT2D eigenvalue weighted by Gasteiger charge is 2.15. The maximum Gasteiger partial charge on any atom is 0.322 e. The summed E-state index contributed by atoms with van der Waals surface area (Å²) >= 11 is 7.38. The Kier molecular flexibility index (Phi) is 6.91. The third-order valence-corrected chi connectivity index (χ3v) is 6.27. The van der Waals surface area contributed by atoms with E-state index in [1.807, 2.05) is 19.1 Å². The number of sulfonamides is 1. The van der Waals surface area contributed by atoms with E-state index >= 15 is 0 Å². The minimum absolute atomic E-state index is 0.00310. The number of carbonyl (C=O) groups is 1. The highest BCUT2D eigenvalue weighted by atomic mass is 35.5. The van der Waals surface area contributed by atoms with Crippen molar-refractivity contribution in [1.82, 2.24) is 4.90 Å². The number of benzene rings is 1. The van der Waals surface area contributed by atoms with Crippen LogP contribution in [0.15, 0.2) is 30.3 Å². The molecule has 0 spiro atoms. The Bertz CT molecular complexity index is 881. The predicted molar refractivity (Wildman–Crippen MR) is 109 cm³/mol. The van der Waals surface area contributed by atoms with Crippen LogP contribution in [-0.2, 0) is 16.6 Å². The molecule has 6 nitrogen and oxygen atoms in total. The molecule has 0 fully saturated rings.